The Morgan fingerprint density at radius 2 is 1.65 bits per heavy atom. The van der Waals surface area contributed by atoms with Gasteiger partial charge in [-0.05, 0) is 22.8 Å². The van der Waals surface area contributed by atoms with E-state index in [0.717, 1.165) is 15.9 Å². The van der Waals surface area contributed by atoms with E-state index < -0.39 is 0 Å². The fourth-order valence-corrected chi connectivity index (χ4v) is 2.09. The van der Waals surface area contributed by atoms with Gasteiger partial charge < -0.3 is 0 Å². The van der Waals surface area contributed by atoms with Crippen LogP contribution in [0.2, 0.25) is 5.02 Å². The van der Waals surface area contributed by atoms with Crippen molar-refractivity contribution in [2.24, 2.45) is 0 Å². The first kappa shape index (κ1) is 12.4. The van der Waals surface area contributed by atoms with E-state index in [9.17, 15) is 0 Å². The van der Waals surface area contributed by atoms with Crippen LogP contribution in [0.5, 0.6) is 0 Å². The molecule has 0 spiro atoms. The van der Waals surface area contributed by atoms with E-state index in [0.29, 0.717) is 0 Å². The summed E-state index contributed by atoms with van der Waals surface area (Å²) in [6.45, 7) is 0. The molecule has 86 valence electrons. The van der Waals surface area contributed by atoms with Crippen molar-refractivity contribution in [1.82, 2.24) is 0 Å². The smallest absolute Gasteiger partial charge is 0.0478 e. The van der Waals surface area contributed by atoms with Crippen LogP contribution in [0, 0.1) is 0 Å². The summed E-state index contributed by atoms with van der Waals surface area (Å²) >= 11 is 9.51. The van der Waals surface area contributed by atoms with Gasteiger partial charge in [0.2, 0.25) is 0 Å². The van der Waals surface area contributed by atoms with Crippen molar-refractivity contribution >= 4 is 39.7 Å². The zero-order chi connectivity index (χ0) is 12.1. The van der Waals surface area contributed by atoms with Crippen molar-refractivity contribution in [2.45, 2.75) is 5.33 Å². The highest BCUT2D eigenvalue weighted by molar-refractivity contribution is 9.08. The molecule has 0 amide bonds. The molecule has 2 heteroatoms. The summed E-state index contributed by atoms with van der Waals surface area (Å²) < 4.78 is 0. The third-order valence-corrected chi connectivity index (χ3v) is 3.49. The third-order valence-electron chi connectivity index (χ3n) is 2.49. The van der Waals surface area contributed by atoms with Gasteiger partial charge in [0.05, 0.1) is 0 Å². The molecule has 0 unspecified atom stereocenters. The third kappa shape index (κ3) is 3.45. The molecule has 0 atom stereocenters. The number of halogens is 2. The van der Waals surface area contributed by atoms with E-state index in [1.807, 2.05) is 30.3 Å². The van der Waals surface area contributed by atoms with E-state index in [-0.39, 0.29) is 0 Å². The second-order valence-electron chi connectivity index (χ2n) is 3.73. The van der Waals surface area contributed by atoms with Crippen LogP contribution in [-0.2, 0) is 5.33 Å². The second kappa shape index (κ2) is 6.04. The average Bonchev–Trinajstić information content (AvgIpc) is 2.38. The largest absolute Gasteiger partial charge is 0.0876 e. The molecule has 0 aromatic heterocycles. The predicted octanol–water partition coefficient (Wildman–Crippen LogP) is 5.41. The molecule has 17 heavy (non-hydrogen) atoms. The van der Waals surface area contributed by atoms with Gasteiger partial charge in [0.15, 0.2) is 0 Å². The lowest BCUT2D eigenvalue weighted by Crippen LogP contribution is -1.78. The zero-order valence-electron chi connectivity index (χ0n) is 9.24. The fourth-order valence-electron chi connectivity index (χ4n) is 1.51. The Bertz CT molecular complexity index is 515. The normalized spacial score (nSPS) is 10.9. The van der Waals surface area contributed by atoms with Crippen LogP contribution >= 0.6 is 27.5 Å². The number of rotatable bonds is 3. The Kier molecular flexibility index (Phi) is 4.41. The van der Waals surface area contributed by atoms with Crippen molar-refractivity contribution in [1.29, 1.82) is 0 Å². The molecule has 2 rings (SSSR count). The van der Waals surface area contributed by atoms with Crippen LogP contribution in [0.25, 0.3) is 12.2 Å². The van der Waals surface area contributed by atoms with Crippen LogP contribution in [-0.4, -0.2) is 0 Å². The van der Waals surface area contributed by atoms with Gasteiger partial charge >= 0.3 is 0 Å². The summed E-state index contributed by atoms with van der Waals surface area (Å²) in [5.41, 5.74) is 3.49. The average molecular weight is 308 g/mol. The van der Waals surface area contributed by atoms with Crippen molar-refractivity contribution in [3.05, 3.63) is 70.2 Å². The van der Waals surface area contributed by atoms with E-state index in [1.165, 1.54) is 11.1 Å². The molecule has 0 bridgehead atoms. The van der Waals surface area contributed by atoms with Crippen LogP contribution < -0.4 is 0 Å². The summed E-state index contributed by atoms with van der Waals surface area (Å²) in [6.07, 6.45) is 4.10. The minimum Gasteiger partial charge on any atom is -0.0876 e. The minimum atomic E-state index is 0.779. The predicted molar refractivity (Wildman–Crippen MR) is 79.5 cm³/mol. The molecule has 0 saturated heterocycles. The van der Waals surface area contributed by atoms with Crippen LogP contribution in [0.15, 0.2) is 48.5 Å². The van der Waals surface area contributed by atoms with Crippen molar-refractivity contribution in [3.8, 4) is 0 Å². The summed E-state index contributed by atoms with van der Waals surface area (Å²) in [7, 11) is 0. The van der Waals surface area contributed by atoms with Crippen LogP contribution in [0.1, 0.15) is 16.7 Å². The first-order valence-electron chi connectivity index (χ1n) is 5.37. The Labute approximate surface area is 115 Å². The summed E-state index contributed by atoms with van der Waals surface area (Å²) in [4.78, 5) is 0. The van der Waals surface area contributed by atoms with Crippen molar-refractivity contribution in [2.75, 3.05) is 0 Å². The molecule has 0 heterocycles. The maximum absolute atomic E-state index is 6.08. The van der Waals surface area contributed by atoms with Gasteiger partial charge in [-0.25, -0.2) is 0 Å². The Morgan fingerprint density at radius 1 is 0.941 bits per heavy atom. The molecule has 0 aliphatic heterocycles. The van der Waals surface area contributed by atoms with E-state index in [4.69, 9.17) is 11.6 Å². The first-order chi connectivity index (χ1) is 8.29. The van der Waals surface area contributed by atoms with Gasteiger partial charge in [-0.3, -0.25) is 0 Å². The maximum Gasteiger partial charge on any atom is 0.0478 e. The van der Waals surface area contributed by atoms with Crippen LogP contribution in [0.4, 0.5) is 0 Å². The monoisotopic (exact) mass is 306 g/mol. The Morgan fingerprint density at radius 3 is 2.29 bits per heavy atom. The van der Waals surface area contributed by atoms with Gasteiger partial charge in [-0.2, -0.15) is 0 Å². The van der Waals surface area contributed by atoms with Crippen LogP contribution in [0.3, 0.4) is 0 Å². The minimum absolute atomic E-state index is 0.779. The van der Waals surface area contributed by atoms with E-state index in [1.54, 1.807) is 0 Å². The van der Waals surface area contributed by atoms with Gasteiger partial charge in [0.1, 0.15) is 0 Å². The second-order valence-corrected chi connectivity index (χ2v) is 4.70. The number of hydrogen-bond donors (Lipinski definition) is 0. The molecular formula is C15H12BrCl. The Balaban J connectivity index is 2.17. The molecule has 0 nitrogen and oxygen atoms in total. The Hall–Kier alpha value is -1.05. The van der Waals surface area contributed by atoms with E-state index in [2.05, 4.69) is 46.3 Å². The van der Waals surface area contributed by atoms with Crippen molar-refractivity contribution < 1.29 is 0 Å². The van der Waals surface area contributed by atoms with Gasteiger partial charge in [-0.1, -0.05) is 82.1 Å². The molecule has 0 radical (unpaired) electrons. The van der Waals surface area contributed by atoms with Gasteiger partial charge in [-0.15, -0.1) is 0 Å². The SMILES string of the molecule is Clc1ccccc1/C=C/c1ccc(CBr)cc1. The molecule has 0 saturated carbocycles. The van der Waals surface area contributed by atoms with E-state index >= 15 is 0 Å². The highest BCUT2D eigenvalue weighted by atomic mass is 79.9. The lowest BCUT2D eigenvalue weighted by atomic mass is 10.1. The molecule has 2 aromatic rings. The highest BCUT2D eigenvalue weighted by Crippen LogP contribution is 2.18. The molecule has 0 fully saturated rings. The summed E-state index contributed by atoms with van der Waals surface area (Å²) in [6, 6.07) is 16.3. The highest BCUT2D eigenvalue weighted by Gasteiger charge is 1.94. The molecule has 0 aliphatic carbocycles. The molecule has 0 N–H and O–H groups in total. The quantitative estimate of drug-likeness (QED) is 0.526. The molecular weight excluding hydrogens is 296 g/mol. The standard InChI is InChI=1S/C15H12BrCl/c16-11-13-7-5-12(6-8-13)9-10-14-3-1-2-4-15(14)17/h1-10H,11H2/b10-9+. The fraction of sp³-hybridized carbons (Fsp3) is 0.0667. The summed E-state index contributed by atoms with van der Waals surface area (Å²) in [5.74, 6) is 0. The topological polar surface area (TPSA) is 0 Å². The lowest BCUT2D eigenvalue weighted by Gasteiger charge is -1.98. The maximum atomic E-state index is 6.08. The summed E-state index contributed by atoms with van der Waals surface area (Å²) in [5, 5.41) is 1.67. The van der Waals surface area contributed by atoms with Gasteiger partial charge in [0, 0.05) is 10.4 Å². The zero-order valence-corrected chi connectivity index (χ0v) is 11.6. The molecule has 0 aliphatic rings. The first-order valence-corrected chi connectivity index (χ1v) is 6.87. The number of benzene rings is 2. The lowest BCUT2D eigenvalue weighted by molar-refractivity contribution is 1.43. The number of alkyl halides is 1. The van der Waals surface area contributed by atoms with Gasteiger partial charge in [0.25, 0.3) is 0 Å². The molecule has 2 aromatic carbocycles. The number of hydrogen-bond acceptors (Lipinski definition) is 0. The van der Waals surface area contributed by atoms with Crippen molar-refractivity contribution in [3.63, 3.8) is 0 Å².